The molecule has 0 aliphatic heterocycles. The fourth-order valence-electron chi connectivity index (χ4n) is 2.30. The van der Waals surface area contributed by atoms with Gasteiger partial charge in [-0.3, -0.25) is 4.79 Å². The van der Waals surface area contributed by atoms with E-state index in [1.54, 1.807) is 34.9 Å². The first-order valence-corrected chi connectivity index (χ1v) is 9.46. The molecule has 3 rings (SSSR count). The minimum Gasteiger partial charge on any atom is -0.496 e. The molecule has 1 N–H and O–H groups in total. The van der Waals surface area contributed by atoms with Gasteiger partial charge in [0, 0.05) is 22.9 Å². The molecule has 3 aromatic rings. The van der Waals surface area contributed by atoms with Gasteiger partial charge in [-0.15, -0.1) is 11.3 Å². The molecule has 26 heavy (non-hydrogen) atoms. The number of hydrogen-bond donors (Lipinski definition) is 1. The summed E-state index contributed by atoms with van der Waals surface area (Å²) in [5, 5.41) is 9.32. The van der Waals surface area contributed by atoms with Gasteiger partial charge in [-0.2, -0.15) is 11.3 Å². The zero-order valence-corrected chi connectivity index (χ0v) is 15.8. The third kappa shape index (κ3) is 3.92. The van der Waals surface area contributed by atoms with Crippen LogP contribution in [0.5, 0.6) is 5.75 Å². The number of rotatable bonds is 6. The third-order valence-corrected chi connectivity index (χ3v) is 5.20. The Balaban J connectivity index is 1.69. The van der Waals surface area contributed by atoms with Gasteiger partial charge in [0.1, 0.15) is 22.0 Å². The molecule has 1 aromatic carbocycles. The Morgan fingerprint density at radius 3 is 2.73 bits per heavy atom. The van der Waals surface area contributed by atoms with Crippen LogP contribution in [0, 0.1) is 0 Å². The van der Waals surface area contributed by atoms with E-state index in [9.17, 15) is 9.59 Å². The van der Waals surface area contributed by atoms with Crippen LogP contribution in [0.1, 0.15) is 26.4 Å². The Bertz CT molecular complexity index is 919. The Labute approximate surface area is 158 Å². The number of thiazole rings is 1. The van der Waals surface area contributed by atoms with Gasteiger partial charge >= 0.3 is 5.97 Å². The zero-order chi connectivity index (χ0) is 18.5. The lowest BCUT2D eigenvalue weighted by Crippen LogP contribution is -2.23. The minimum atomic E-state index is -0.491. The van der Waals surface area contributed by atoms with Crippen LogP contribution in [0.15, 0.2) is 40.4 Å². The summed E-state index contributed by atoms with van der Waals surface area (Å²) in [6, 6.07) is 7.06. The largest absolute Gasteiger partial charge is 0.496 e. The van der Waals surface area contributed by atoms with Crippen molar-refractivity contribution in [2.24, 2.45) is 0 Å². The number of aromatic nitrogens is 1. The maximum absolute atomic E-state index is 12.3. The number of thiophene rings is 1. The van der Waals surface area contributed by atoms with Crippen LogP contribution in [-0.2, 0) is 11.3 Å². The van der Waals surface area contributed by atoms with Gasteiger partial charge < -0.3 is 14.8 Å². The molecule has 8 heteroatoms. The van der Waals surface area contributed by atoms with Crippen LogP contribution in [0.4, 0.5) is 0 Å². The average molecular weight is 388 g/mol. The average Bonchev–Trinajstić information content (AvgIpc) is 3.36. The smallest absolute Gasteiger partial charge is 0.341 e. The lowest BCUT2D eigenvalue weighted by molar-refractivity contribution is 0.0597. The summed E-state index contributed by atoms with van der Waals surface area (Å²) in [5.74, 6) is -0.333. The van der Waals surface area contributed by atoms with Crippen molar-refractivity contribution in [1.82, 2.24) is 10.3 Å². The van der Waals surface area contributed by atoms with Crippen molar-refractivity contribution in [1.29, 1.82) is 0 Å². The van der Waals surface area contributed by atoms with E-state index in [1.165, 1.54) is 25.6 Å². The van der Waals surface area contributed by atoms with E-state index in [0.29, 0.717) is 17.0 Å². The molecule has 0 spiro atoms. The fourth-order valence-corrected chi connectivity index (χ4v) is 3.82. The monoisotopic (exact) mass is 388 g/mol. The Hall–Kier alpha value is -2.71. The molecule has 6 nitrogen and oxygen atoms in total. The van der Waals surface area contributed by atoms with Crippen molar-refractivity contribution in [2.45, 2.75) is 6.54 Å². The van der Waals surface area contributed by atoms with Crippen LogP contribution in [0.25, 0.3) is 10.6 Å². The van der Waals surface area contributed by atoms with Crippen molar-refractivity contribution in [3.05, 3.63) is 57.2 Å². The van der Waals surface area contributed by atoms with Gasteiger partial charge in [0.05, 0.1) is 14.2 Å². The first-order valence-electron chi connectivity index (χ1n) is 7.64. The highest BCUT2D eigenvalue weighted by atomic mass is 32.1. The second-order valence-electron chi connectivity index (χ2n) is 5.26. The van der Waals surface area contributed by atoms with E-state index in [2.05, 4.69) is 10.3 Å². The molecule has 0 radical (unpaired) electrons. The predicted octanol–water partition coefficient (Wildman–Crippen LogP) is 3.60. The number of amides is 1. The summed E-state index contributed by atoms with van der Waals surface area (Å²) in [5.41, 5.74) is 2.46. The number of carbonyl (C=O) groups is 2. The molecule has 1 amide bonds. The van der Waals surface area contributed by atoms with Gasteiger partial charge in [0.25, 0.3) is 5.91 Å². The molecule has 0 unspecified atom stereocenters. The number of esters is 1. The van der Waals surface area contributed by atoms with Crippen molar-refractivity contribution in [2.75, 3.05) is 14.2 Å². The van der Waals surface area contributed by atoms with Gasteiger partial charge in [0.2, 0.25) is 0 Å². The molecule has 0 fully saturated rings. The lowest BCUT2D eigenvalue weighted by atomic mass is 10.1. The molecule has 2 aromatic heterocycles. The summed E-state index contributed by atoms with van der Waals surface area (Å²) in [6.45, 7) is 0.262. The van der Waals surface area contributed by atoms with Crippen molar-refractivity contribution in [3.8, 4) is 16.3 Å². The zero-order valence-electron chi connectivity index (χ0n) is 14.1. The topological polar surface area (TPSA) is 77.5 Å². The Morgan fingerprint density at radius 1 is 1.19 bits per heavy atom. The van der Waals surface area contributed by atoms with E-state index >= 15 is 0 Å². The van der Waals surface area contributed by atoms with Crippen LogP contribution in [-0.4, -0.2) is 31.1 Å². The number of methoxy groups -OCH3 is 2. The van der Waals surface area contributed by atoms with Crippen LogP contribution < -0.4 is 10.1 Å². The summed E-state index contributed by atoms with van der Waals surface area (Å²) in [4.78, 5) is 28.5. The van der Waals surface area contributed by atoms with E-state index in [4.69, 9.17) is 9.47 Å². The first-order chi connectivity index (χ1) is 12.6. The third-order valence-electron chi connectivity index (χ3n) is 3.63. The highest BCUT2D eigenvalue weighted by Crippen LogP contribution is 2.26. The van der Waals surface area contributed by atoms with E-state index in [-0.39, 0.29) is 12.5 Å². The summed E-state index contributed by atoms with van der Waals surface area (Å²) < 4.78 is 9.91. The van der Waals surface area contributed by atoms with Crippen LogP contribution in [0.2, 0.25) is 0 Å². The van der Waals surface area contributed by atoms with Crippen molar-refractivity contribution < 1.29 is 19.1 Å². The molecule has 0 bridgehead atoms. The normalized spacial score (nSPS) is 10.4. The maximum Gasteiger partial charge on any atom is 0.341 e. The van der Waals surface area contributed by atoms with Crippen LogP contribution >= 0.6 is 22.7 Å². The van der Waals surface area contributed by atoms with Crippen molar-refractivity contribution >= 4 is 34.6 Å². The standard InChI is InChI=1S/C18H16N2O4S2/c1-23-15-4-3-11(7-13(15)18(22)24-2)8-19-16(21)14-10-26-17(20-14)12-5-6-25-9-12/h3-7,9-10H,8H2,1-2H3,(H,19,21). The second-order valence-corrected chi connectivity index (χ2v) is 6.90. The molecule has 134 valence electrons. The molecule has 0 saturated heterocycles. The Morgan fingerprint density at radius 2 is 2.04 bits per heavy atom. The second kappa shape index (κ2) is 8.11. The molecular weight excluding hydrogens is 372 g/mol. The number of nitrogens with one attached hydrogen (secondary N) is 1. The van der Waals surface area contributed by atoms with E-state index < -0.39 is 5.97 Å². The lowest BCUT2D eigenvalue weighted by Gasteiger charge is -2.09. The SMILES string of the molecule is COC(=O)c1cc(CNC(=O)c2csc(-c3ccsc3)n2)ccc1OC. The molecule has 0 aliphatic carbocycles. The summed E-state index contributed by atoms with van der Waals surface area (Å²) >= 11 is 3.01. The van der Waals surface area contributed by atoms with Gasteiger partial charge in [-0.25, -0.2) is 9.78 Å². The van der Waals surface area contributed by atoms with Crippen molar-refractivity contribution in [3.63, 3.8) is 0 Å². The predicted molar refractivity (Wildman–Crippen MR) is 101 cm³/mol. The molecular formula is C18H16N2O4S2. The van der Waals surface area contributed by atoms with E-state index in [0.717, 1.165) is 16.1 Å². The quantitative estimate of drug-likeness (QED) is 0.653. The summed E-state index contributed by atoms with van der Waals surface area (Å²) in [7, 11) is 2.79. The number of carbonyl (C=O) groups excluding carboxylic acids is 2. The molecule has 0 atom stereocenters. The van der Waals surface area contributed by atoms with Gasteiger partial charge in [-0.1, -0.05) is 6.07 Å². The number of ether oxygens (including phenoxy) is 2. The van der Waals surface area contributed by atoms with Crippen LogP contribution in [0.3, 0.4) is 0 Å². The van der Waals surface area contributed by atoms with Gasteiger partial charge in [0.15, 0.2) is 0 Å². The Kier molecular flexibility index (Phi) is 5.65. The first kappa shape index (κ1) is 18.1. The van der Waals surface area contributed by atoms with E-state index in [1.807, 2.05) is 16.8 Å². The highest BCUT2D eigenvalue weighted by Gasteiger charge is 2.15. The molecule has 0 saturated carbocycles. The maximum atomic E-state index is 12.3. The number of nitrogens with zero attached hydrogens (tertiary/aromatic N) is 1. The summed E-state index contributed by atoms with van der Waals surface area (Å²) in [6.07, 6.45) is 0. The molecule has 2 heterocycles. The van der Waals surface area contributed by atoms with Gasteiger partial charge in [-0.05, 0) is 29.1 Å². The minimum absolute atomic E-state index is 0.262. The number of hydrogen-bond acceptors (Lipinski definition) is 7. The fraction of sp³-hybridized carbons (Fsp3) is 0.167. The number of benzene rings is 1. The highest BCUT2D eigenvalue weighted by molar-refractivity contribution is 7.14. The molecule has 0 aliphatic rings.